The summed E-state index contributed by atoms with van der Waals surface area (Å²) in [5.41, 5.74) is 0. The van der Waals surface area contributed by atoms with Crippen LogP contribution in [0.2, 0.25) is 0 Å². The normalized spacial score (nSPS) is 8.12. The Hall–Kier alpha value is 1.92. The summed E-state index contributed by atoms with van der Waals surface area (Å²) in [7, 11) is -4.64. The fourth-order valence-electron chi connectivity index (χ4n) is 0. The monoisotopic (exact) mass is 235 g/mol. The SMILES string of the molecule is O=P(O)(O)O.[MgH2].[Mn][Fe]. The van der Waals surface area contributed by atoms with Crippen molar-refractivity contribution in [3.05, 3.63) is 0 Å². The fourth-order valence-corrected chi connectivity index (χ4v) is 0. The van der Waals surface area contributed by atoms with Gasteiger partial charge in [0.25, 0.3) is 0 Å². The Morgan fingerprint density at radius 3 is 1.25 bits per heavy atom. The van der Waals surface area contributed by atoms with Gasteiger partial charge in [-0.25, -0.2) is 4.57 Å². The molecular weight excluding hydrogens is 230 g/mol. The Bertz CT molecular complexity index is 62.2. The van der Waals surface area contributed by atoms with E-state index in [4.69, 9.17) is 19.2 Å². The summed E-state index contributed by atoms with van der Waals surface area (Å²) in [6, 6.07) is 0. The molecule has 0 aromatic heterocycles. The topological polar surface area (TPSA) is 77.8 Å². The van der Waals surface area contributed by atoms with E-state index in [1.54, 1.807) is 0 Å². The molecule has 0 rings (SSSR count). The van der Waals surface area contributed by atoms with Crippen molar-refractivity contribution in [3.8, 4) is 0 Å². The molecule has 8 heteroatoms. The molecule has 0 amide bonds. The molecule has 0 fully saturated rings. The molecule has 0 spiro atoms. The molecule has 0 aliphatic carbocycles. The second kappa shape index (κ2) is 8.92. The summed E-state index contributed by atoms with van der Waals surface area (Å²) in [6.45, 7) is 0. The zero-order chi connectivity index (χ0) is 6.50. The average molecular weight is 235 g/mol. The van der Waals surface area contributed by atoms with Crippen molar-refractivity contribution in [2.24, 2.45) is 0 Å². The predicted octanol–water partition coefficient (Wildman–Crippen LogP) is -1.85. The molecule has 0 aromatic carbocycles. The summed E-state index contributed by atoms with van der Waals surface area (Å²) in [5.74, 6) is 0. The van der Waals surface area contributed by atoms with Gasteiger partial charge in [-0.2, -0.15) is 0 Å². The molecule has 8 heavy (non-hydrogen) atoms. The molecule has 51 valence electrons. The predicted molar refractivity (Wildman–Crippen MR) is 22.8 cm³/mol. The third-order valence-corrected chi connectivity index (χ3v) is 0. The molecule has 0 unspecified atom stereocenters. The Balaban J connectivity index is -0.0000000750. The summed E-state index contributed by atoms with van der Waals surface area (Å²) >= 11 is 5.75. The molecule has 0 bridgehead atoms. The van der Waals surface area contributed by atoms with Gasteiger partial charge >= 0.3 is 59.3 Å². The minimum absolute atomic E-state index is 0. The standard InChI is InChI=1S/Fe.Mg.Mn.H3O4P.2H/c;;;1-5(2,3)4;;/h;;;(H3,1,2,3,4);;. The van der Waals surface area contributed by atoms with Gasteiger partial charge in [0.05, 0.1) is 0 Å². The Morgan fingerprint density at radius 2 is 1.25 bits per heavy atom. The fraction of sp³-hybridized carbons (Fsp3) is 0. The van der Waals surface area contributed by atoms with E-state index in [0.717, 1.165) is 0 Å². The first-order valence-corrected chi connectivity index (χ1v) is 4.62. The van der Waals surface area contributed by atoms with Gasteiger partial charge in [-0.05, 0) is 0 Å². The van der Waals surface area contributed by atoms with Crippen LogP contribution in [0.3, 0.4) is 0 Å². The average Bonchev–Trinajstić information content (AvgIpc) is 1.36. The zero-order valence-electron chi connectivity index (χ0n) is 2.93. The molecule has 0 aliphatic rings. The number of phosphoric acid groups is 1. The van der Waals surface area contributed by atoms with E-state index in [1.807, 2.05) is 0 Å². The van der Waals surface area contributed by atoms with Gasteiger partial charge < -0.3 is 14.7 Å². The van der Waals surface area contributed by atoms with Crippen molar-refractivity contribution in [3.63, 3.8) is 0 Å². The van der Waals surface area contributed by atoms with Gasteiger partial charge in [-0.15, -0.1) is 0 Å². The van der Waals surface area contributed by atoms with Crippen LogP contribution in [-0.4, -0.2) is 37.7 Å². The second-order valence-corrected chi connectivity index (χ2v) is 1.54. The van der Waals surface area contributed by atoms with Crippen LogP contribution in [0.4, 0.5) is 0 Å². The van der Waals surface area contributed by atoms with Crippen LogP contribution in [0.25, 0.3) is 0 Å². The van der Waals surface area contributed by atoms with E-state index in [1.165, 1.54) is 0 Å². The molecule has 0 aliphatic heterocycles. The van der Waals surface area contributed by atoms with E-state index in [0.29, 0.717) is 0 Å². The van der Waals surface area contributed by atoms with Crippen molar-refractivity contribution in [1.29, 1.82) is 0 Å². The maximum atomic E-state index is 8.88. The number of hydrogen-bond donors (Lipinski definition) is 3. The molecular formula is H5FeMgMnO4P. The van der Waals surface area contributed by atoms with Gasteiger partial charge in [-0.3, -0.25) is 0 Å². The molecule has 0 radical (unpaired) electrons. The van der Waals surface area contributed by atoms with Crippen molar-refractivity contribution in [1.82, 2.24) is 0 Å². The molecule has 0 saturated carbocycles. The maximum absolute atomic E-state index is 8.88. The summed E-state index contributed by atoms with van der Waals surface area (Å²) < 4.78 is 8.88. The molecule has 0 saturated heterocycles. The van der Waals surface area contributed by atoms with Crippen molar-refractivity contribution in [2.75, 3.05) is 0 Å². The first-order valence-electron chi connectivity index (χ1n) is 0.916. The molecule has 0 aromatic rings. The second-order valence-electron chi connectivity index (χ2n) is 0.513. The van der Waals surface area contributed by atoms with E-state index >= 15 is 0 Å². The third kappa shape index (κ3) is 103. The van der Waals surface area contributed by atoms with Crippen molar-refractivity contribution in [2.45, 2.75) is 0 Å². The minimum atomic E-state index is -4.64. The Labute approximate surface area is 78.0 Å². The van der Waals surface area contributed by atoms with Crippen LogP contribution in [0.1, 0.15) is 0 Å². The summed E-state index contributed by atoms with van der Waals surface area (Å²) in [4.78, 5) is 21.6. The Kier molecular flexibility index (Phi) is 18.4. The molecule has 4 nitrogen and oxygen atoms in total. The van der Waals surface area contributed by atoms with Gasteiger partial charge in [0.15, 0.2) is 0 Å². The van der Waals surface area contributed by atoms with Gasteiger partial charge in [0.1, 0.15) is 0 Å². The van der Waals surface area contributed by atoms with E-state index in [9.17, 15) is 0 Å². The van der Waals surface area contributed by atoms with Gasteiger partial charge in [0.2, 0.25) is 0 Å². The van der Waals surface area contributed by atoms with Crippen LogP contribution in [-0.2, 0) is 32.9 Å². The van der Waals surface area contributed by atoms with Gasteiger partial charge in [-0.1, -0.05) is 0 Å². The Morgan fingerprint density at radius 1 is 1.25 bits per heavy atom. The van der Waals surface area contributed by atoms with Crippen LogP contribution in [0, 0.1) is 0 Å². The summed E-state index contributed by atoms with van der Waals surface area (Å²) in [6.07, 6.45) is 0. The quantitative estimate of drug-likeness (QED) is 0.340. The van der Waals surface area contributed by atoms with Crippen LogP contribution >= 0.6 is 7.82 Å². The van der Waals surface area contributed by atoms with Crippen LogP contribution in [0.5, 0.6) is 0 Å². The molecule has 3 N–H and O–H groups in total. The first-order chi connectivity index (χ1) is 3.00. The summed E-state index contributed by atoms with van der Waals surface area (Å²) in [5, 5.41) is 0. The first kappa shape index (κ1) is 16.5. The van der Waals surface area contributed by atoms with E-state index in [2.05, 4.69) is 28.4 Å². The van der Waals surface area contributed by atoms with Gasteiger partial charge in [0, 0.05) is 0 Å². The van der Waals surface area contributed by atoms with Crippen LogP contribution < -0.4 is 0 Å². The van der Waals surface area contributed by atoms with Crippen LogP contribution in [0.15, 0.2) is 0 Å². The number of rotatable bonds is 0. The molecule has 0 atom stereocenters. The zero-order valence-corrected chi connectivity index (χ0v) is 6.11. The third-order valence-electron chi connectivity index (χ3n) is 0. The van der Waals surface area contributed by atoms with Crippen molar-refractivity contribution < 1.29 is 47.6 Å². The molecule has 0 heterocycles. The van der Waals surface area contributed by atoms with Crippen molar-refractivity contribution >= 4 is 30.9 Å². The van der Waals surface area contributed by atoms with E-state index in [-0.39, 0.29) is 23.1 Å². The van der Waals surface area contributed by atoms with E-state index < -0.39 is 7.82 Å². The number of hydrogen-bond acceptors (Lipinski definition) is 1.